The molecule has 0 aromatic carbocycles. The normalized spacial score (nSPS) is 28.3. The van der Waals surface area contributed by atoms with Gasteiger partial charge in [0.15, 0.2) is 5.75 Å². The molecule has 2 aliphatic rings. The summed E-state index contributed by atoms with van der Waals surface area (Å²) in [5.41, 5.74) is 6.27. The van der Waals surface area contributed by atoms with E-state index in [1.54, 1.807) is 12.3 Å². The van der Waals surface area contributed by atoms with Crippen molar-refractivity contribution in [3.05, 3.63) is 12.3 Å². The van der Waals surface area contributed by atoms with Gasteiger partial charge in [-0.2, -0.15) is 0 Å². The summed E-state index contributed by atoms with van der Waals surface area (Å²) in [5, 5.41) is 0. The molecule has 1 aromatic heterocycles. The average molecular weight is 206 g/mol. The Kier molecular flexibility index (Phi) is 1.94. The van der Waals surface area contributed by atoms with Gasteiger partial charge in [-0.1, -0.05) is 0 Å². The Bertz CT molecular complexity index is 381. The van der Waals surface area contributed by atoms with Crippen molar-refractivity contribution < 1.29 is 9.47 Å². The maximum absolute atomic E-state index is 5.85. The molecule has 80 valence electrons. The van der Waals surface area contributed by atoms with Crippen molar-refractivity contribution in [2.75, 3.05) is 5.73 Å². The first-order valence-electron chi connectivity index (χ1n) is 5.42. The minimum Gasteiger partial charge on any atom is -0.481 e. The summed E-state index contributed by atoms with van der Waals surface area (Å²) in [4.78, 5) is 4.14. The molecule has 1 saturated carbocycles. The van der Waals surface area contributed by atoms with Crippen LogP contribution in [0.1, 0.15) is 25.7 Å². The minimum atomic E-state index is 0.183. The van der Waals surface area contributed by atoms with Crippen LogP contribution in [0.3, 0.4) is 0 Å². The van der Waals surface area contributed by atoms with Crippen LogP contribution in [0.5, 0.6) is 11.6 Å². The number of hydrogen-bond acceptors (Lipinski definition) is 4. The average Bonchev–Trinajstić information content (AvgIpc) is 2.26. The highest BCUT2D eigenvalue weighted by Gasteiger charge is 2.34. The summed E-state index contributed by atoms with van der Waals surface area (Å²) in [5.74, 6) is 1.28. The fourth-order valence-electron chi connectivity index (χ4n) is 2.26. The molecule has 0 saturated heterocycles. The topological polar surface area (TPSA) is 57.4 Å². The van der Waals surface area contributed by atoms with E-state index in [-0.39, 0.29) is 12.2 Å². The molecule has 1 aliphatic carbocycles. The molecule has 2 N–H and O–H groups in total. The molecule has 0 amide bonds. The molecule has 1 unspecified atom stereocenters. The highest BCUT2D eigenvalue weighted by molar-refractivity contribution is 5.47. The van der Waals surface area contributed by atoms with Crippen molar-refractivity contribution in [3.8, 4) is 11.6 Å². The van der Waals surface area contributed by atoms with E-state index in [1.807, 2.05) is 0 Å². The van der Waals surface area contributed by atoms with Crippen LogP contribution in [-0.4, -0.2) is 17.2 Å². The zero-order valence-corrected chi connectivity index (χ0v) is 8.48. The fourth-order valence-corrected chi connectivity index (χ4v) is 2.26. The van der Waals surface area contributed by atoms with Gasteiger partial charge in [-0.05, 0) is 25.7 Å². The molecule has 15 heavy (non-hydrogen) atoms. The van der Waals surface area contributed by atoms with E-state index in [0.29, 0.717) is 17.3 Å². The molecule has 0 spiro atoms. The van der Waals surface area contributed by atoms with Crippen molar-refractivity contribution in [3.63, 3.8) is 0 Å². The first-order valence-corrected chi connectivity index (χ1v) is 5.42. The highest BCUT2D eigenvalue weighted by Crippen LogP contribution is 2.37. The largest absolute Gasteiger partial charge is 0.481 e. The van der Waals surface area contributed by atoms with Crippen molar-refractivity contribution in [2.24, 2.45) is 0 Å². The number of fused-ring (bicyclic) bond motifs is 2. The Morgan fingerprint density at radius 2 is 1.93 bits per heavy atom. The minimum absolute atomic E-state index is 0.183. The molecular formula is C11H14N2O2. The molecular weight excluding hydrogens is 192 g/mol. The van der Waals surface area contributed by atoms with Gasteiger partial charge >= 0.3 is 0 Å². The number of aromatic nitrogens is 1. The van der Waals surface area contributed by atoms with Crippen LogP contribution >= 0.6 is 0 Å². The van der Waals surface area contributed by atoms with Crippen LogP contribution in [0.4, 0.5) is 5.69 Å². The van der Waals surface area contributed by atoms with Crippen LogP contribution in [-0.2, 0) is 0 Å². The number of pyridine rings is 1. The van der Waals surface area contributed by atoms with Gasteiger partial charge in [0.05, 0.1) is 11.9 Å². The van der Waals surface area contributed by atoms with E-state index in [4.69, 9.17) is 15.2 Å². The fraction of sp³-hybridized carbons (Fsp3) is 0.545. The van der Waals surface area contributed by atoms with E-state index in [9.17, 15) is 0 Å². The molecule has 4 nitrogen and oxygen atoms in total. The summed E-state index contributed by atoms with van der Waals surface area (Å²) in [6.45, 7) is 0. The second-order valence-electron chi connectivity index (χ2n) is 4.17. The van der Waals surface area contributed by atoms with Gasteiger partial charge in [0, 0.05) is 6.07 Å². The maximum atomic E-state index is 5.85. The van der Waals surface area contributed by atoms with Crippen LogP contribution < -0.4 is 15.2 Å². The molecule has 4 heteroatoms. The van der Waals surface area contributed by atoms with Gasteiger partial charge in [0.1, 0.15) is 12.2 Å². The van der Waals surface area contributed by atoms with Crippen LogP contribution in [0.2, 0.25) is 0 Å². The van der Waals surface area contributed by atoms with Crippen molar-refractivity contribution in [1.82, 2.24) is 4.98 Å². The van der Waals surface area contributed by atoms with E-state index in [1.165, 1.54) is 12.8 Å². The predicted octanol–water partition coefficient (Wildman–Crippen LogP) is 1.75. The number of anilines is 1. The van der Waals surface area contributed by atoms with Gasteiger partial charge in [0.25, 0.3) is 5.88 Å². The van der Waals surface area contributed by atoms with E-state index in [0.717, 1.165) is 12.8 Å². The Labute approximate surface area is 88.4 Å². The molecule has 3 rings (SSSR count). The van der Waals surface area contributed by atoms with Crippen LogP contribution in [0, 0.1) is 0 Å². The Morgan fingerprint density at radius 3 is 2.73 bits per heavy atom. The molecule has 1 fully saturated rings. The van der Waals surface area contributed by atoms with Crippen molar-refractivity contribution in [1.29, 1.82) is 0 Å². The number of nitrogens with two attached hydrogens (primary N) is 1. The van der Waals surface area contributed by atoms with Crippen LogP contribution in [0.15, 0.2) is 12.3 Å². The molecule has 1 aromatic rings. The van der Waals surface area contributed by atoms with Gasteiger partial charge < -0.3 is 15.2 Å². The smallest absolute Gasteiger partial charge is 0.257 e. The summed E-state index contributed by atoms with van der Waals surface area (Å²) < 4.78 is 11.6. The lowest BCUT2D eigenvalue weighted by Gasteiger charge is -2.36. The Balaban J connectivity index is 1.92. The zero-order chi connectivity index (χ0) is 10.3. The molecule has 2 heterocycles. The molecule has 0 bridgehead atoms. The SMILES string of the molecule is Nc1cnc2c(c1)O[C@H]1CCCCC1O2. The Morgan fingerprint density at radius 1 is 1.20 bits per heavy atom. The van der Waals surface area contributed by atoms with E-state index < -0.39 is 0 Å². The first-order chi connectivity index (χ1) is 7.33. The molecule has 2 atom stereocenters. The molecule has 0 radical (unpaired) electrons. The maximum Gasteiger partial charge on any atom is 0.257 e. The van der Waals surface area contributed by atoms with Gasteiger partial charge in [0.2, 0.25) is 0 Å². The summed E-state index contributed by atoms with van der Waals surface area (Å²) in [6, 6.07) is 1.78. The number of rotatable bonds is 0. The van der Waals surface area contributed by atoms with Crippen molar-refractivity contribution in [2.45, 2.75) is 37.9 Å². The Hall–Kier alpha value is -1.45. The van der Waals surface area contributed by atoms with Gasteiger partial charge in [-0.15, -0.1) is 0 Å². The van der Waals surface area contributed by atoms with Crippen molar-refractivity contribution >= 4 is 5.69 Å². The lowest BCUT2D eigenvalue weighted by molar-refractivity contribution is -0.00975. The number of nitrogen functional groups attached to an aromatic ring is 1. The van der Waals surface area contributed by atoms with Gasteiger partial charge in [-0.3, -0.25) is 0 Å². The number of nitrogens with zero attached hydrogens (tertiary/aromatic N) is 1. The second-order valence-corrected chi connectivity index (χ2v) is 4.17. The molecule has 1 aliphatic heterocycles. The standard InChI is InChI=1S/C11H14N2O2/c12-7-5-10-11(13-6-7)15-9-4-2-1-3-8(9)14-10/h5-6,8-9H,1-4,12H2/t8-,9?/m0/s1. The van der Waals surface area contributed by atoms with Gasteiger partial charge in [-0.25, -0.2) is 4.98 Å². The highest BCUT2D eigenvalue weighted by atomic mass is 16.6. The summed E-state index contributed by atoms with van der Waals surface area (Å²) in [6.07, 6.45) is 6.54. The third kappa shape index (κ3) is 1.50. The predicted molar refractivity (Wildman–Crippen MR) is 55.9 cm³/mol. The summed E-state index contributed by atoms with van der Waals surface area (Å²) >= 11 is 0. The number of ether oxygens (including phenoxy) is 2. The third-order valence-corrected chi connectivity index (χ3v) is 3.02. The van der Waals surface area contributed by atoms with E-state index in [2.05, 4.69) is 4.98 Å². The van der Waals surface area contributed by atoms with Crippen LogP contribution in [0.25, 0.3) is 0 Å². The zero-order valence-electron chi connectivity index (χ0n) is 8.48. The third-order valence-electron chi connectivity index (χ3n) is 3.02. The quantitative estimate of drug-likeness (QED) is 0.702. The van der Waals surface area contributed by atoms with E-state index >= 15 is 0 Å². The lowest BCUT2D eigenvalue weighted by atomic mass is 9.94. The number of hydrogen-bond donors (Lipinski definition) is 1. The second kappa shape index (κ2) is 3.29. The summed E-state index contributed by atoms with van der Waals surface area (Å²) in [7, 11) is 0. The lowest BCUT2D eigenvalue weighted by Crippen LogP contribution is -2.42. The first kappa shape index (κ1) is 8.83. The monoisotopic (exact) mass is 206 g/mol.